The molecule has 0 saturated carbocycles. The highest BCUT2D eigenvalue weighted by atomic mass is 16.5. The van der Waals surface area contributed by atoms with Crippen LogP contribution in [0.25, 0.3) is 0 Å². The van der Waals surface area contributed by atoms with Crippen molar-refractivity contribution in [2.24, 2.45) is 0 Å². The summed E-state index contributed by atoms with van der Waals surface area (Å²) < 4.78 is 4.95. The molecule has 1 atom stereocenters. The number of rotatable bonds is 1. The summed E-state index contributed by atoms with van der Waals surface area (Å²) in [6, 6.07) is 6.92. The monoisotopic (exact) mass is 297 g/mol. The molecule has 6 heteroatoms. The van der Waals surface area contributed by atoms with Gasteiger partial charge in [0.2, 0.25) is 5.91 Å². The summed E-state index contributed by atoms with van der Waals surface area (Å²) in [5.74, 6) is -0.224. The van der Waals surface area contributed by atoms with E-state index in [9.17, 15) is 9.59 Å². The largest absolute Gasteiger partial charge is 0.364 e. The second-order valence-corrected chi connectivity index (χ2v) is 5.68. The number of hydrogen-bond donors (Lipinski definition) is 1. The number of hydrogen-bond acceptors (Lipinski definition) is 4. The Morgan fingerprint density at radius 1 is 1.32 bits per heavy atom. The maximum Gasteiger partial charge on any atom is 0.252 e. The van der Waals surface area contributed by atoms with Crippen molar-refractivity contribution in [3.63, 3.8) is 0 Å². The normalized spacial score (nSPS) is 20.1. The van der Waals surface area contributed by atoms with Crippen molar-refractivity contribution in [2.45, 2.75) is 25.4 Å². The third-order valence-electron chi connectivity index (χ3n) is 4.31. The molecule has 0 bridgehead atoms. The summed E-state index contributed by atoms with van der Waals surface area (Å²) in [7, 11) is 0. The third-order valence-corrected chi connectivity index (χ3v) is 4.31. The molecule has 0 radical (unpaired) electrons. The van der Waals surface area contributed by atoms with E-state index in [0.717, 1.165) is 16.8 Å². The lowest BCUT2D eigenvalue weighted by atomic mass is 9.94. The fourth-order valence-electron chi connectivity index (χ4n) is 3.12. The first kappa shape index (κ1) is 13.1. The van der Waals surface area contributed by atoms with Crippen molar-refractivity contribution in [3.05, 3.63) is 52.9 Å². The summed E-state index contributed by atoms with van der Waals surface area (Å²) in [6.45, 7) is 1.10. The Balaban J connectivity index is 1.54. The van der Waals surface area contributed by atoms with Gasteiger partial charge in [-0.3, -0.25) is 9.59 Å². The molecule has 0 aliphatic carbocycles. The zero-order chi connectivity index (χ0) is 15.1. The van der Waals surface area contributed by atoms with Crippen molar-refractivity contribution >= 4 is 11.8 Å². The molecule has 0 fully saturated rings. The predicted molar refractivity (Wildman–Crippen MR) is 77.0 cm³/mol. The molecule has 2 aliphatic rings. The SMILES string of the molecule is O=C1N[C@@H](C(=O)N2CCc3nocc3C2)Cc2ccccc21. The second-order valence-electron chi connectivity index (χ2n) is 5.68. The zero-order valence-electron chi connectivity index (χ0n) is 11.9. The number of aromatic nitrogens is 1. The zero-order valence-corrected chi connectivity index (χ0v) is 11.9. The number of nitrogens with zero attached hydrogens (tertiary/aromatic N) is 2. The van der Waals surface area contributed by atoms with Crippen LogP contribution in [0.2, 0.25) is 0 Å². The predicted octanol–water partition coefficient (Wildman–Crippen LogP) is 0.914. The molecule has 1 aromatic carbocycles. The minimum atomic E-state index is -0.496. The molecule has 2 amide bonds. The molecule has 4 rings (SSSR count). The highest BCUT2D eigenvalue weighted by molar-refractivity contribution is 6.00. The van der Waals surface area contributed by atoms with Crippen LogP contribution in [0.5, 0.6) is 0 Å². The van der Waals surface area contributed by atoms with Gasteiger partial charge in [-0.1, -0.05) is 23.4 Å². The first-order chi connectivity index (χ1) is 10.7. The van der Waals surface area contributed by atoms with Gasteiger partial charge in [-0.05, 0) is 11.6 Å². The molecule has 3 heterocycles. The summed E-state index contributed by atoms with van der Waals surface area (Å²) in [6.07, 6.45) is 2.81. The van der Waals surface area contributed by atoms with Crippen LogP contribution < -0.4 is 5.32 Å². The molecule has 0 saturated heterocycles. The van der Waals surface area contributed by atoms with Crippen molar-refractivity contribution in [1.82, 2.24) is 15.4 Å². The minimum absolute atomic E-state index is 0.0466. The topological polar surface area (TPSA) is 75.4 Å². The van der Waals surface area contributed by atoms with Gasteiger partial charge in [-0.2, -0.15) is 0 Å². The van der Waals surface area contributed by atoms with E-state index in [2.05, 4.69) is 10.5 Å². The van der Waals surface area contributed by atoms with E-state index in [1.165, 1.54) is 0 Å². The smallest absolute Gasteiger partial charge is 0.252 e. The number of carbonyl (C=O) groups is 2. The van der Waals surface area contributed by atoms with E-state index in [1.54, 1.807) is 17.2 Å². The van der Waals surface area contributed by atoms with Gasteiger partial charge in [0.05, 0.1) is 12.2 Å². The Morgan fingerprint density at radius 3 is 3.09 bits per heavy atom. The van der Waals surface area contributed by atoms with E-state index in [4.69, 9.17) is 4.52 Å². The van der Waals surface area contributed by atoms with E-state index in [-0.39, 0.29) is 11.8 Å². The van der Waals surface area contributed by atoms with Gasteiger partial charge in [-0.15, -0.1) is 0 Å². The lowest BCUT2D eigenvalue weighted by molar-refractivity contribution is -0.134. The Labute approximate surface area is 127 Å². The van der Waals surface area contributed by atoms with Crippen LogP contribution in [0.3, 0.4) is 0 Å². The van der Waals surface area contributed by atoms with Crippen LogP contribution >= 0.6 is 0 Å². The highest BCUT2D eigenvalue weighted by Gasteiger charge is 2.33. The number of benzene rings is 1. The summed E-state index contributed by atoms with van der Waals surface area (Å²) in [4.78, 5) is 26.6. The van der Waals surface area contributed by atoms with Crippen molar-refractivity contribution in [3.8, 4) is 0 Å². The lowest BCUT2D eigenvalue weighted by Gasteiger charge is -2.32. The second kappa shape index (κ2) is 4.98. The molecular formula is C16H15N3O3. The Hall–Kier alpha value is -2.63. The van der Waals surface area contributed by atoms with Gasteiger partial charge in [0.1, 0.15) is 12.3 Å². The molecule has 6 nitrogen and oxygen atoms in total. The van der Waals surface area contributed by atoms with Gasteiger partial charge in [0.25, 0.3) is 5.91 Å². The highest BCUT2D eigenvalue weighted by Crippen LogP contribution is 2.21. The Bertz CT molecular complexity index is 753. The van der Waals surface area contributed by atoms with Crippen molar-refractivity contribution in [1.29, 1.82) is 0 Å². The van der Waals surface area contributed by atoms with Crippen LogP contribution in [-0.4, -0.2) is 34.5 Å². The average Bonchev–Trinajstić information content (AvgIpc) is 3.01. The third kappa shape index (κ3) is 2.07. The van der Waals surface area contributed by atoms with Crippen molar-refractivity contribution in [2.75, 3.05) is 6.54 Å². The van der Waals surface area contributed by atoms with E-state index in [1.807, 2.05) is 18.2 Å². The molecule has 22 heavy (non-hydrogen) atoms. The molecule has 1 aromatic heterocycles. The van der Waals surface area contributed by atoms with Gasteiger partial charge in [-0.25, -0.2) is 0 Å². The quantitative estimate of drug-likeness (QED) is 0.849. The number of fused-ring (bicyclic) bond motifs is 2. The summed E-state index contributed by atoms with van der Waals surface area (Å²) in [5.41, 5.74) is 3.45. The van der Waals surface area contributed by atoms with E-state index < -0.39 is 6.04 Å². The van der Waals surface area contributed by atoms with Crippen LogP contribution in [0.15, 0.2) is 35.1 Å². The van der Waals surface area contributed by atoms with Crippen LogP contribution in [0.1, 0.15) is 27.2 Å². The number of carbonyl (C=O) groups excluding carboxylic acids is 2. The minimum Gasteiger partial charge on any atom is -0.364 e. The molecule has 2 aromatic rings. The number of nitrogens with one attached hydrogen (secondary N) is 1. The van der Waals surface area contributed by atoms with Crippen molar-refractivity contribution < 1.29 is 14.1 Å². The van der Waals surface area contributed by atoms with Crippen LogP contribution in [-0.2, 0) is 24.2 Å². The maximum absolute atomic E-state index is 12.7. The van der Waals surface area contributed by atoms with Crippen LogP contribution in [0.4, 0.5) is 0 Å². The van der Waals surface area contributed by atoms with Gasteiger partial charge in [0.15, 0.2) is 0 Å². The molecule has 0 unspecified atom stereocenters. The summed E-state index contributed by atoms with van der Waals surface area (Å²) >= 11 is 0. The lowest BCUT2D eigenvalue weighted by Crippen LogP contribution is -2.53. The molecule has 112 valence electrons. The van der Waals surface area contributed by atoms with Crippen LogP contribution in [0, 0.1) is 0 Å². The first-order valence-corrected chi connectivity index (χ1v) is 7.32. The molecule has 0 spiro atoms. The van der Waals surface area contributed by atoms with E-state index in [0.29, 0.717) is 31.5 Å². The molecular weight excluding hydrogens is 282 g/mol. The fourth-order valence-corrected chi connectivity index (χ4v) is 3.12. The maximum atomic E-state index is 12.7. The Morgan fingerprint density at radius 2 is 2.18 bits per heavy atom. The van der Waals surface area contributed by atoms with Gasteiger partial charge >= 0.3 is 0 Å². The molecule has 2 aliphatic heterocycles. The standard InChI is InChI=1S/C16H15N3O3/c20-15-12-4-2-1-3-10(12)7-14(17-15)16(21)19-6-5-13-11(8-19)9-22-18-13/h1-4,9,14H,5-8H2,(H,17,20)/t14-/m1/s1. The molecule has 1 N–H and O–H groups in total. The average molecular weight is 297 g/mol. The van der Waals surface area contributed by atoms with Gasteiger partial charge < -0.3 is 14.7 Å². The Kier molecular flexibility index (Phi) is 2.96. The fraction of sp³-hybridized carbons (Fsp3) is 0.312. The van der Waals surface area contributed by atoms with Gasteiger partial charge in [0, 0.05) is 30.5 Å². The number of amides is 2. The van der Waals surface area contributed by atoms with E-state index >= 15 is 0 Å². The first-order valence-electron chi connectivity index (χ1n) is 7.32. The summed E-state index contributed by atoms with van der Waals surface area (Å²) in [5, 5.41) is 6.74.